The first-order valence-electron chi connectivity index (χ1n) is 6.84. The molecule has 1 spiro atoms. The minimum atomic E-state index is -4.53. The number of nitrogens with one attached hydrogen (secondary N) is 1. The van der Waals surface area contributed by atoms with Crippen LogP contribution in [0.5, 0.6) is 0 Å². The zero-order chi connectivity index (χ0) is 15.1. The number of hydrogen-bond acceptors (Lipinski definition) is 4. The molecule has 2 aliphatic heterocycles. The molecule has 1 N–H and O–H groups in total. The Kier molecular flexibility index (Phi) is 3.35. The highest BCUT2D eigenvalue weighted by Gasteiger charge is 2.48. The third kappa shape index (κ3) is 2.48. The van der Waals surface area contributed by atoms with Crippen molar-refractivity contribution in [2.45, 2.75) is 25.4 Å². The fourth-order valence-corrected chi connectivity index (χ4v) is 3.06. The summed E-state index contributed by atoms with van der Waals surface area (Å²) in [5.41, 5.74) is -1.46. The molecule has 1 amide bonds. The second-order valence-corrected chi connectivity index (χ2v) is 5.50. The van der Waals surface area contributed by atoms with Gasteiger partial charge in [0.05, 0.1) is 5.41 Å². The maximum absolute atomic E-state index is 12.7. The molecular weight excluding hydrogens is 285 g/mol. The molecule has 1 aromatic rings. The Morgan fingerprint density at radius 2 is 1.90 bits per heavy atom. The van der Waals surface area contributed by atoms with Gasteiger partial charge in [0.15, 0.2) is 0 Å². The molecule has 3 heterocycles. The average Bonchev–Trinajstić information content (AvgIpc) is 2.76. The summed E-state index contributed by atoms with van der Waals surface area (Å²) in [5.74, 6) is -0.0754. The minimum absolute atomic E-state index is 0.0396. The van der Waals surface area contributed by atoms with Crippen molar-refractivity contribution in [3.8, 4) is 0 Å². The summed E-state index contributed by atoms with van der Waals surface area (Å²) >= 11 is 0. The summed E-state index contributed by atoms with van der Waals surface area (Å²) in [6.45, 7) is 1.93. The molecule has 0 bridgehead atoms. The first-order chi connectivity index (χ1) is 9.92. The Hall–Kier alpha value is -1.70. The van der Waals surface area contributed by atoms with E-state index in [-0.39, 0.29) is 11.7 Å². The quantitative estimate of drug-likeness (QED) is 0.856. The number of piperidine rings is 1. The Labute approximate surface area is 119 Å². The second-order valence-electron chi connectivity index (χ2n) is 5.50. The van der Waals surface area contributed by atoms with Gasteiger partial charge in [-0.3, -0.25) is 9.69 Å². The van der Waals surface area contributed by atoms with Crippen LogP contribution >= 0.6 is 0 Å². The third-order valence-electron chi connectivity index (χ3n) is 4.29. The van der Waals surface area contributed by atoms with Crippen molar-refractivity contribution in [1.29, 1.82) is 0 Å². The maximum atomic E-state index is 12.7. The second kappa shape index (κ2) is 4.94. The molecule has 2 saturated heterocycles. The zero-order valence-corrected chi connectivity index (χ0v) is 11.3. The van der Waals surface area contributed by atoms with E-state index in [1.807, 2.05) is 0 Å². The largest absolute Gasteiger partial charge is 0.433 e. The van der Waals surface area contributed by atoms with Gasteiger partial charge in [-0.05, 0) is 32.4 Å². The van der Waals surface area contributed by atoms with Crippen LogP contribution in [0.3, 0.4) is 0 Å². The van der Waals surface area contributed by atoms with Crippen LogP contribution in [0.4, 0.5) is 19.0 Å². The third-order valence-corrected chi connectivity index (χ3v) is 4.29. The van der Waals surface area contributed by atoms with Crippen molar-refractivity contribution >= 4 is 11.7 Å². The van der Waals surface area contributed by atoms with E-state index in [0.717, 1.165) is 38.3 Å². The van der Waals surface area contributed by atoms with Crippen LogP contribution in [-0.2, 0) is 11.0 Å². The predicted molar refractivity (Wildman–Crippen MR) is 68.5 cm³/mol. The lowest BCUT2D eigenvalue weighted by Gasteiger charge is -2.31. The van der Waals surface area contributed by atoms with Crippen molar-refractivity contribution in [3.05, 3.63) is 18.1 Å². The number of alkyl halides is 3. The van der Waals surface area contributed by atoms with Crippen LogP contribution in [0, 0.1) is 5.41 Å². The van der Waals surface area contributed by atoms with E-state index >= 15 is 0 Å². The Balaban J connectivity index is 1.87. The van der Waals surface area contributed by atoms with Gasteiger partial charge in [0, 0.05) is 12.6 Å². The number of carbonyl (C=O) groups excluding carboxylic acids is 1. The first-order valence-corrected chi connectivity index (χ1v) is 6.84. The normalized spacial score (nSPS) is 22.0. The highest BCUT2D eigenvalue weighted by Crippen LogP contribution is 2.41. The van der Waals surface area contributed by atoms with Gasteiger partial charge in [-0.15, -0.1) is 0 Å². The van der Waals surface area contributed by atoms with Gasteiger partial charge in [0.25, 0.3) is 0 Å². The van der Waals surface area contributed by atoms with E-state index in [1.54, 1.807) is 0 Å². The maximum Gasteiger partial charge on any atom is 0.433 e. The number of halogens is 3. The van der Waals surface area contributed by atoms with Gasteiger partial charge in [0.1, 0.15) is 17.8 Å². The molecule has 0 radical (unpaired) electrons. The topological polar surface area (TPSA) is 58.1 Å². The summed E-state index contributed by atoms with van der Waals surface area (Å²) in [5, 5.41) is 3.19. The summed E-state index contributed by atoms with van der Waals surface area (Å²) in [6.07, 6.45) is -1.57. The van der Waals surface area contributed by atoms with Crippen molar-refractivity contribution < 1.29 is 18.0 Å². The fraction of sp³-hybridized carbons (Fsp3) is 0.615. The Morgan fingerprint density at radius 1 is 1.19 bits per heavy atom. The van der Waals surface area contributed by atoms with Crippen LogP contribution in [0.1, 0.15) is 25.0 Å². The van der Waals surface area contributed by atoms with Crippen LogP contribution in [0.15, 0.2) is 12.4 Å². The molecule has 5 nitrogen and oxygen atoms in total. The highest BCUT2D eigenvalue weighted by atomic mass is 19.4. The number of amides is 1. The predicted octanol–water partition coefficient (Wildman–Crippen LogP) is 1.60. The van der Waals surface area contributed by atoms with Gasteiger partial charge in [-0.2, -0.15) is 13.2 Å². The molecule has 2 aliphatic rings. The Morgan fingerprint density at radius 3 is 2.57 bits per heavy atom. The summed E-state index contributed by atoms with van der Waals surface area (Å²) in [4.78, 5) is 21.0. The van der Waals surface area contributed by atoms with E-state index in [2.05, 4.69) is 15.3 Å². The molecule has 0 saturated carbocycles. The molecule has 114 valence electrons. The lowest BCUT2D eigenvalue weighted by atomic mass is 9.78. The van der Waals surface area contributed by atoms with E-state index in [4.69, 9.17) is 0 Å². The standard InChI is InChI=1S/C13H15F3N4O/c14-13(15,16)9-7-10(19-8-18-9)20-6-3-12(11(20)21)1-4-17-5-2-12/h7-8,17H,1-6H2. The molecule has 21 heavy (non-hydrogen) atoms. The summed E-state index contributed by atoms with van der Waals surface area (Å²) in [7, 11) is 0. The van der Waals surface area contributed by atoms with Crippen LogP contribution < -0.4 is 10.2 Å². The van der Waals surface area contributed by atoms with E-state index in [1.165, 1.54) is 4.90 Å². The number of nitrogens with zero attached hydrogens (tertiary/aromatic N) is 3. The molecule has 2 fully saturated rings. The summed E-state index contributed by atoms with van der Waals surface area (Å²) < 4.78 is 38.1. The average molecular weight is 300 g/mol. The Bertz CT molecular complexity index is 555. The van der Waals surface area contributed by atoms with Crippen molar-refractivity contribution in [3.63, 3.8) is 0 Å². The number of anilines is 1. The van der Waals surface area contributed by atoms with Gasteiger partial charge in [0.2, 0.25) is 5.91 Å². The lowest BCUT2D eigenvalue weighted by Crippen LogP contribution is -2.42. The van der Waals surface area contributed by atoms with E-state index < -0.39 is 17.3 Å². The lowest BCUT2D eigenvalue weighted by molar-refractivity contribution is -0.141. The van der Waals surface area contributed by atoms with Crippen molar-refractivity contribution in [1.82, 2.24) is 15.3 Å². The van der Waals surface area contributed by atoms with Gasteiger partial charge < -0.3 is 5.32 Å². The molecule has 0 unspecified atom stereocenters. The SMILES string of the molecule is O=C1N(c2cc(C(F)(F)F)ncn2)CCC12CCNCC2. The number of aromatic nitrogens is 2. The van der Waals surface area contributed by atoms with E-state index in [0.29, 0.717) is 13.0 Å². The molecule has 0 aliphatic carbocycles. The number of rotatable bonds is 1. The van der Waals surface area contributed by atoms with Gasteiger partial charge in [-0.25, -0.2) is 9.97 Å². The fourth-order valence-electron chi connectivity index (χ4n) is 3.06. The first kappa shape index (κ1) is 14.2. The van der Waals surface area contributed by atoms with Crippen molar-refractivity contribution in [2.75, 3.05) is 24.5 Å². The smallest absolute Gasteiger partial charge is 0.317 e. The number of hydrogen-bond donors (Lipinski definition) is 1. The van der Waals surface area contributed by atoms with Crippen LogP contribution in [0.25, 0.3) is 0 Å². The van der Waals surface area contributed by atoms with Crippen LogP contribution in [0.2, 0.25) is 0 Å². The minimum Gasteiger partial charge on any atom is -0.317 e. The highest BCUT2D eigenvalue weighted by molar-refractivity contribution is 5.99. The molecular formula is C13H15F3N4O. The van der Waals surface area contributed by atoms with Gasteiger partial charge in [-0.1, -0.05) is 0 Å². The monoisotopic (exact) mass is 300 g/mol. The molecule has 8 heteroatoms. The zero-order valence-electron chi connectivity index (χ0n) is 11.3. The molecule has 1 aromatic heterocycles. The summed E-state index contributed by atoms with van der Waals surface area (Å²) in [6, 6.07) is 0.845. The molecule has 3 rings (SSSR count). The van der Waals surface area contributed by atoms with Crippen molar-refractivity contribution in [2.24, 2.45) is 5.41 Å². The number of carbonyl (C=O) groups is 1. The van der Waals surface area contributed by atoms with E-state index in [9.17, 15) is 18.0 Å². The molecule has 0 aromatic carbocycles. The van der Waals surface area contributed by atoms with Gasteiger partial charge >= 0.3 is 6.18 Å². The van der Waals surface area contributed by atoms with Crippen LogP contribution in [-0.4, -0.2) is 35.5 Å². The molecule has 0 atom stereocenters.